The lowest BCUT2D eigenvalue weighted by molar-refractivity contribution is -0.265. The Kier molecular flexibility index (Phi) is 6.01. The Morgan fingerprint density at radius 1 is 1.26 bits per heavy atom. The number of carbonyl (C=O) groups excluding carboxylic acids is 2. The van der Waals surface area contributed by atoms with Gasteiger partial charge in [-0.05, 0) is 43.3 Å². The van der Waals surface area contributed by atoms with Gasteiger partial charge in [0.25, 0.3) is 5.91 Å². The van der Waals surface area contributed by atoms with Crippen LogP contribution in [0.2, 0.25) is 0 Å². The number of pyridine rings is 1. The molecule has 10 nitrogen and oxygen atoms in total. The van der Waals surface area contributed by atoms with Crippen LogP contribution < -0.4 is 15.8 Å². The van der Waals surface area contributed by atoms with Crippen molar-refractivity contribution >= 4 is 17.5 Å². The maximum Gasteiger partial charge on any atom is 0.424 e. The molecule has 4 heterocycles. The molecule has 202 valence electrons. The molecule has 0 saturated carbocycles. The molecule has 0 aliphatic carbocycles. The maximum absolute atomic E-state index is 14.5. The molecule has 0 radical (unpaired) electrons. The van der Waals surface area contributed by atoms with E-state index in [0.29, 0.717) is 0 Å². The lowest BCUT2D eigenvalue weighted by Crippen LogP contribution is -2.51. The predicted octanol–water partition coefficient (Wildman–Crippen LogP) is 2.25. The Bertz CT molecular complexity index is 1610. The molecule has 14 heteroatoms. The zero-order valence-electron chi connectivity index (χ0n) is 20.2. The van der Waals surface area contributed by atoms with E-state index in [-0.39, 0.29) is 40.4 Å². The molecular formula is C25H20F4N6O4. The largest absolute Gasteiger partial charge is 0.489 e. The van der Waals surface area contributed by atoms with Crippen LogP contribution in [0, 0.1) is 5.82 Å². The molecule has 0 bridgehead atoms. The molecule has 2 atom stereocenters. The maximum atomic E-state index is 14.5. The van der Waals surface area contributed by atoms with Crippen LogP contribution in [0.3, 0.4) is 0 Å². The van der Waals surface area contributed by atoms with Gasteiger partial charge in [0.05, 0.1) is 18.4 Å². The van der Waals surface area contributed by atoms with Gasteiger partial charge in [0, 0.05) is 23.5 Å². The van der Waals surface area contributed by atoms with Gasteiger partial charge in [0.2, 0.25) is 11.5 Å². The van der Waals surface area contributed by atoms with E-state index in [1.54, 1.807) is 6.07 Å². The molecule has 0 saturated heterocycles. The third-order valence-electron chi connectivity index (χ3n) is 6.66. The number of aliphatic hydroxyl groups is 1. The Labute approximate surface area is 217 Å². The van der Waals surface area contributed by atoms with E-state index in [9.17, 15) is 32.3 Å². The minimum atomic E-state index is -5.34. The van der Waals surface area contributed by atoms with Crippen LogP contribution in [-0.4, -0.2) is 55.8 Å². The fraction of sp³-hybridized carbons (Fsp3) is 0.240. The number of benzene rings is 1. The normalized spacial score (nSPS) is 18.3. The molecule has 0 fully saturated rings. The number of amides is 2. The summed E-state index contributed by atoms with van der Waals surface area (Å²) < 4.78 is 63.9. The van der Waals surface area contributed by atoms with Gasteiger partial charge in [0.1, 0.15) is 34.8 Å². The summed E-state index contributed by atoms with van der Waals surface area (Å²) in [5.74, 6) is -2.49. The van der Waals surface area contributed by atoms with Crippen LogP contribution in [0.25, 0.3) is 16.9 Å². The van der Waals surface area contributed by atoms with Crippen LogP contribution in [-0.2, 0) is 15.8 Å². The van der Waals surface area contributed by atoms with Gasteiger partial charge in [-0.3, -0.25) is 9.59 Å². The minimum Gasteiger partial charge on any atom is -0.489 e. The highest BCUT2D eigenvalue weighted by Crippen LogP contribution is 2.47. The number of primary amides is 1. The van der Waals surface area contributed by atoms with E-state index < -0.39 is 47.1 Å². The predicted molar refractivity (Wildman–Crippen MR) is 127 cm³/mol. The topological polar surface area (TPSA) is 145 Å². The summed E-state index contributed by atoms with van der Waals surface area (Å²) in [5.41, 5.74) is -0.729. The summed E-state index contributed by atoms with van der Waals surface area (Å²) >= 11 is 0. The van der Waals surface area contributed by atoms with Crippen molar-refractivity contribution in [2.75, 3.05) is 13.2 Å². The zero-order chi connectivity index (χ0) is 28.2. The molecule has 3 aromatic heterocycles. The number of ether oxygens (including phenoxy) is 1. The number of fused-ring (bicyclic) bond motifs is 2. The monoisotopic (exact) mass is 544 g/mol. The Hall–Kier alpha value is -4.59. The Morgan fingerprint density at radius 3 is 2.64 bits per heavy atom. The lowest BCUT2D eigenvalue weighted by atomic mass is 9.81. The first-order chi connectivity index (χ1) is 18.3. The van der Waals surface area contributed by atoms with Gasteiger partial charge >= 0.3 is 6.18 Å². The first-order valence-corrected chi connectivity index (χ1v) is 11.5. The van der Waals surface area contributed by atoms with E-state index in [2.05, 4.69) is 20.4 Å². The summed E-state index contributed by atoms with van der Waals surface area (Å²) in [6, 6.07) is 7.09. The molecular weight excluding hydrogens is 524 g/mol. The molecule has 1 unspecified atom stereocenters. The molecule has 0 spiro atoms. The lowest BCUT2D eigenvalue weighted by Gasteiger charge is -2.31. The van der Waals surface area contributed by atoms with Crippen molar-refractivity contribution in [3.05, 3.63) is 77.6 Å². The standard InChI is InChI=1S/C25H20F4N6O4/c1-23(22(30)37)12-39-19-16(23)9-17(34-18(19)13-3-5-14(26)6-4-13)24(38,25(27,28)29)11-32-21(36)15-10-33-35-8-2-7-31-20(15)35/h2-10,38H,11-12H2,1H3,(H2,30,37)(H,32,36)/t23-,24?/m0/s1. The van der Waals surface area contributed by atoms with Gasteiger partial charge in [-0.2, -0.15) is 18.3 Å². The number of aromatic nitrogens is 4. The van der Waals surface area contributed by atoms with Gasteiger partial charge in [0.15, 0.2) is 5.65 Å². The highest BCUT2D eigenvalue weighted by Gasteiger charge is 2.57. The second kappa shape index (κ2) is 9.01. The number of hydrogen-bond donors (Lipinski definition) is 3. The van der Waals surface area contributed by atoms with Gasteiger partial charge in [-0.1, -0.05) is 0 Å². The number of nitrogens with one attached hydrogen (secondary N) is 1. The number of nitrogens with two attached hydrogens (primary N) is 1. The van der Waals surface area contributed by atoms with E-state index in [0.717, 1.165) is 24.4 Å². The Morgan fingerprint density at radius 2 is 1.97 bits per heavy atom. The van der Waals surface area contributed by atoms with Gasteiger partial charge in [-0.15, -0.1) is 0 Å². The van der Waals surface area contributed by atoms with Gasteiger partial charge < -0.3 is 20.9 Å². The average Bonchev–Trinajstić information content (AvgIpc) is 3.49. The number of nitrogens with zero attached hydrogens (tertiary/aromatic N) is 4. The van der Waals surface area contributed by atoms with Gasteiger partial charge in [-0.25, -0.2) is 18.9 Å². The zero-order valence-corrected chi connectivity index (χ0v) is 20.2. The van der Waals surface area contributed by atoms with Crippen LogP contribution >= 0.6 is 0 Å². The molecule has 4 aromatic rings. The third kappa shape index (κ3) is 4.22. The van der Waals surface area contributed by atoms with E-state index in [1.807, 2.05) is 0 Å². The SMILES string of the molecule is C[C@]1(C(N)=O)COc2c1cc(C(O)(CNC(=O)c1cnn3cccnc13)C(F)(F)F)nc2-c1ccc(F)cc1. The number of rotatable bonds is 6. The van der Waals surface area contributed by atoms with E-state index in [1.165, 1.54) is 36.0 Å². The highest BCUT2D eigenvalue weighted by molar-refractivity contribution is 5.99. The third-order valence-corrected chi connectivity index (χ3v) is 6.66. The number of carbonyl (C=O) groups is 2. The van der Waals surface area contributed by atoms with Crippen molar-refractivity contribution in [1.82, 2.24) is 24.9 Å². The second-order valence-electron chi connectivity index (χ2n) is 9.21. The quantitative estimate of drug-likeness (QED) is 0.316. The smallest absolute Gasteiger partial charge is 0.424 e. The van der Waals surface area contributed by atoms with Crippen molar-refractivity contribution in [3.8, 4) is 17.0 Å². The molecule has 1 aromatic carbocycles. The first-order valence-electron chi connectivity index (χ1n) is 11.5. The van der Waals surface area contributed by atoms with Crippen molar-refractivity contribution in [2.45, 2.75) is 24.1 Å². The summed E-state index contributed by atoms with van der Waals surface area (Å²) in [6.45, 7) is -0.256. The van der Waals surface area contributed by atoms with Crippen LogP contribution in [0.5, 0.6) is 5.75 Å². The van der Waals surface area contributed by atoms with Crippen molar-refractivity contribution < 1.29 is 37.0 Å². The number of alkyl halides is 3. The number of hydrogen-bond acceptors (Lipinski definition) is 7. The summed E-state index contributed by atoms with van der Waals surface area (Å²) in [5, 5.41) is 17.1. The molecule has 1 aliphatic rings. The fourth-order valence-corrected chi connectivity index (χ4v) is 4.23. The van der Waals surface area contributed by atoms with Crippen LogP contribution in [0.15, 0.2) is 55.0 Å². The fourth-order valence-electron chi connectivity index (χ4n) is 4.23. The van der Waals surface area contributed by atoms with E-state index >= 15 is 0 Å². The summed E-state index contributed by atoms with van der Waals surface area (Å²) in [4.78, 5) is 33.2. The average molecular weight is 544 g/mol. The molecule has 5 rings (SSSR count). The number of halogens is 4. The second-order valence-corrected chi connectivity index (χ2v) is 9.21. The highest BCUT2D eigenvalue weighted by atomic mass is 19.4. The molecule has 1 aliphatic heterocycles. The van der Waals surface area contributed by atoms with Crippen LogP contribution in [0.1, 0.15) is 28.5 Å². The van der Waals surface area contributed by atoms with Crippen LogP contribution in [0.4, 0.5) is 17.6 Å². The first kappa shape index (κ1) is 26.0. The van der Waals surface area contributed by atoms with Crippen molar-refractivity contribution in [1.29, 1.82) is 0 Å². The van der Waals surface area contributed by atoms with Crippen molar-refractivity contribution in [2.24, 2.45) is 5.73 Å². The van der Waals surface area contributed by atoms with E-state index in [4.69, 9.17) is 10.5 Å². The van der Waals surface area contributed by atoms with Crippen molar-refractivity contribution in [3.63, 3.8) is 0 Å². The molecule has 39 heavy (non-hydrogen) atoms. The molecule has 2 amide bonds. The minimum absolute atomic E-state index is 0.0300. The summed E-state index contributed by atoms with van der Waals surface area (Å²) in [7, 11) is 0. The molecule has 4 N–H and O–H groups in total. The summed E-state index contributed by atoms with van der Waals surface area (Å²) in [6.07, 6.45) is -1.35. The Balaban J connectivity index is 1.61.